The molecule has 0 aliphatic rings. The van der Waals surface area contributed by atoms with E-state index >= 15 is 0 Å². The first-order chi connectivity index (χ1) is 7.79. The number of nitrogens with zero attached hydrogens (tertiary/aromatic N) is 1. The third kappa shape index (κ3) is 7.94. The van der Waals surface area contributed by atoms with Gasteiger partial charge in [0.05, 0.1) is 30.4 Å². The van der Waals surface area contributed by atoms with Crippen LogP contribution in [0.15, 0.2) is 0 Å². The minimum atomic E-state index is -3.30. The van der Waals surface area contributed by atoms with E-state index in [-0.39, 0.29) is 30.4 Å². The fraction of sp³-hybridized carbons (Fsp3) is 1.00. The molecule has 0 aliphatic carbocycles. The van der Waals surface area contributed by atoms with Crippen LogP contribution in [0.25, 0.3) is 0 Å². The Labute approximate surface area is 109 Å². The fourth-order valence-electron chi connectivity index (χ4n) is 1.17. The molecule has 0 saturated carbocycles. The molecule has 0 heterocycles. The van der Waals surface area contributed by atoms with Crippen LogP contribution in [-0.4, -0.2) is 63.9 Å². The van der Waals surface area contributed by atoms with Crippen LogP contribution in [0.2, 0.25) is 0 Å². The van der Waals surface area contributed by atoms with E-state index in [0.29, 0.717) is 6.61 Å². The van der Waals surface area contributed by atoms with Gasteiger partial charge in [-0.3, -0.25) is 0 Å². The second kappa shape index (κ2) is 8.26. The van der Waals surface area contributed by atoms with Crippen molar-refractivity contribution in [2.24, 2.45) is 0 Å². The van der Waals surface area contributed by atoms with Crippen molar-refractivity contribution in [1.82, 2.24) is 4.31 Å². The molecular weight excluding hydrogens is 266 g/mol. The van der Waals surface area contributed by atoms with Crippen LogP contribution < -0.4 is 0 Å². The molecule has 5 nitrogen and oxygen atoms in total. The summed E-state index contributed by atoms with van der Waals surface area (Å²) in [5, 5.41) is -0.342. The summed E-state index contributed by atoms with van der Waals surface area (Å²) in [6.07, 6.45) is 0.0322. The Morgan fingerprint density at radius 2 is 1.94 bits per heavy atom. The van der Waals surface area contributed by atoms with Crippen molar-refractivity contribution in [3.05, 3.63) is 0 Å². The zero-order valence-electron chi connectivity index (χ0n) is 10.8. The van der Waals surface area contributed by atoms with Gasteiger partial charge in [0.15, 0.2) is 0 Å². The molecule has 0 amide bonds. The third-order valence-corrected chi connectivity index (χ3v) is 4.12. The molecule has 1 unspecified atom stereocenters. The molecule has 1 atom stereocenters. The zero-order chi connectivity index (χ0) is 13.5. The molecule has 0 aliphatic heterocycles. The number of methoxy groups -OCH3 is 1. The first-order valence-electron chi connectivity index (χ1n) is 5.48. The van der Waals surface area contributed by atoms with Gasteiger partial charge in [0.1, 0.15) is 0 Å². The Morgan fingerprint density at radius 3 is 2.41 bits per heavy atom. The number of alkyl halides is 1. The van der Waals surface area contributed by atoms with Gasteiger partial charge < -0.3 is 9.47 Å². The molecule has 0 saturated heterocycles. The number of rotatable bonds is 9. The van der Waals surface area contributed by atoms with Crippen molar-refractivity contribution < 1.29 is 17.9 Å². The molecule has 0 aromatic carbocycles. The van der Waals surface area contributed by atoms with Gasteiger partial charge in [0.25, 0.3) is 0 Å². The monoisotopic (exact) mass is 287 g/mol. The summed E-state index contributed by atoms with van der Waals surface area (Å²) in [7, 11) is -0.263. The zero-order valence-corrected chi connectivity index (χ0v) is 12.4. The molecule has 0 N–H and O–H groups in total. The number of halogens is 1. The van der Waals surface area contributed by atoms with Gasteiger partial charge in [-0.25, -0.2) is 12.7 Å². The normalized spacial score (nSPS) is 14.5. The van der Waals surface area contributed by atoms with Crippen LogP contribution in [-0.2, 0) is 19.5 Å². The van der Waals surface area contributed by atoms with Gasteiger partial charge in [-0.05, 0) is 13.8 Å². The highest BCUT2D eigenvalue weighted by atomic mass is 35.5. The highest BCUT2D eigenvalue weighted by molar-refractivity contribution is 7.89. The average Bonchev–Trinajstić information content (AvgIpc) is 2.16. The lowest BCUT2D eigenvalue weighted by molar-refractivity contribution is 0.0907. The van der Waals surface area contributed by atoms with Gasteiger partial charge in [-0.15, -0.1) is 11.6 Å². The maximum Gasteiger partial charge on any atom is 0.216 e. The first kappa shape index (κ1) is 17.1. The number of ether oxygens (including phenoxy) is 2. The third-order valence-electron chi connectivity index (χ3n) is 2.07. The summed E-state index contributed by atoms with van der Waals surface area (Å²) in [5.41, 5.74) is 0. The van der Waals surface area contributed by atoms with Crippen LogP contribution in [0.5, 0.6) is 0 Å². The number of hydrogen-bond donors (Lipinski definition) is 0. The van der Waals surface area contributed by atoms with Gasteiger partial charge in [-0.1, -0.05) is 0 Å². The summed E-state index contributed by atoms with van der Waals surface area (Å²) in [4.78, 5) is 0. The number of sulfonamides is 1. The molecule has 104 valence electrons. The highest BCUT2D eigenvalue weighted by Crippen LogP contribution is 2.05. The Morgan fingerprint density at radius 1 is 1.35 bits per heavy atom. The van der Waals surface area contributed by atoms with Crippen LogP contribution in [0.3, 0.4) is 0 Å². The van der Waals surface area contributed by atoms with E-state index < -0.39 is 10.0 Å². The highest BCUT2D eigenvalue weighted by Gasteiger charge is 2.20. The second-order valence-electron chi connectivity index (χ2n) is 4.07. The average molecular weight is 288 g/mol. The van der Waals surface area contributed by atoms with Crippen molar-refractivity contribution in [3.8, 4) is 0 Å². The van der Waals surface area contributed by atoms with E-state index in [1.54, 1.807) is 0 Å². The largest absolute Gasteiger partial charge is 0.383 e. The molecule has 0 spiro atoms. The standard InChI is InChI=1S/C10H22ClNO4S/c1-9(2)16-5-6-17(13,14)12(3)7-10(11)8-15-4/h9-10H,5-8H2,1-4H3. The predicted octanol–water partition coefficient (Wildman–Crippen LogP) is 0.927. The molecule has 7 heteroatoms. The van der Waals surface area contributed by atoms with Gasteiger partial charge in [-0.2, -0.15) is 0 Å². The fourth-order valence-corrected chi connectivity index (χ4v) is 2.61. The van der Waals surface area contributed by atoms with Crippen LogP contribution in [0.1, 0.15) is 13.8 Å². The van der Waals surface area contributed by atoms with E-state index in [0.717, 1.165) is 0 Å². The molecule has 0 bridgehead atoms. The predicted molar refractivity (Wildman–Crippen MR) is 69.0 cm³/mol. The lowest BCUT2D eigenvalue weighted by Crippen LogP contribution is -2.36. The quantitative estimate of drug-likeness (QED) is 0.592. The molecule has 0 rings (SSSR count). The van der Waals surface area contributed by atoms with Crippen molar-refractivity contribution in [2.45, 2.75) is 25.3 Å². The topological polar surface area (TPSA) is 55.8 Å². The van der Waals surface area contributed by atoms with Crippen molar-refractivity contribution in [3.63, 3.8) is 0 Å². The van der Waals surface area contributed by atoms with Crippen LogP contribution in [0, 0.1) is 0 Å². The Bertz CT molecular complexity index is 295. The van der Waals surface area contributed by atoms with E-state index in [4.69, 9.17) is 21.1 Å². The maximum absolute atomic E-state index is 11.8. The van der Waals surface area contributed by atoms with Crippen molar-refractivity contribution in [1.29, 1.82) is 0 Å². The minimum absolute atomic E-state index is 0.0295. The van der Waals surface area contributed by atoms with Crippen LogP contribution in [0.4, 0.5) is 0 Å². The van der Waals surface area contributed by atoms with E-state index in [2.05, 4.69) is 0 Å². The molecule has 0 fully saturated rings. The van der Waals surface area contributed by atoms with E-state index in [1.807, 2.05) is 13.8 Å². The summed E-state index contributed by atoms with van der Waals surface area (Å²) in [6, 6.07) is 0. The SMILES string of the molecule is COCC(Cl)CN(C)S(=O)(=O)CCOC(C)C. The number of hydrogen-bond acceptors (Lipinski definition) is 4. The van der Waals surface area contributed by atoms with E-state index in [1.165, 1.54) is 18.5 Å². The Kier molecular flexibility index (Phi) is 8.32. The van der Waals surface area contributed by atoms with Crippen LogP contribution >= 0.6 is 11.6 Å². The maximum atomic E-state index is 11.8. The minimum Gasteiger partial charge on any atom is -0.383 e. The van der Waals surface area contributed by atoms with Gasteiger partial charge in [0.2, 0.25) is 10.0 Å². The molecule has 0 radical (unpaired) electrons. The summed E-state index contributed by atoms with van der Waals surface area (Å²) in [5.74, 6) is -0.0295. The Balaban J connectivity index is 4.11. The lowest BCUT2D eigenvalue weighted by Gasteiger charge is -2.20. The molecule has 0 aromatic rings. The van der Waals surface area contributed by atoms with Crippen molar-refractivity contribution >= 4 is 21.6 Å². The van der Waals surface area contributed by atoms with Crippen molar-refractivity contribution in [2.75, 3.05) is 39.7 Å². The summed E-state index contributed by atoms with van der Waals surface area (Å²) in [6.45, 7) is 4.48. The molecule has 17 heavy (non-hydrogen) atoms. The molecular formula is C10H22ClNO4S. The summed E-state index contributed by atoms with van der Waals surface area (Å²) < 4.78 is 34.9. The van der Waals surface area contributed by atoms with Gasteiger partial charge in [0, 0.05) is 20.7 Å². The first-order valence-corrected chi connectivity index (χ1v) is 7.52. The smallest absolute Gasteiger partial charge is 0.216 e. The van der Waals surface area contributed by atoms with E-state index in [9.17, 15) is 8.42 Å². The molecule has 0 aromatic heterocycles. The second-order valence-corrected chi connectivity index (χ2v) is 6.88. The Hall–Kier alpha value is 0.120. The summed E-state index contributed by atoms with van der Waals surface area (Å²) >= 11 is 5.90. The van der Waals surface area contributed by atoms with Gasteiger partial charge >= 0.3 is 0 Å². The lowest BCUT2D eigenvalue weighted by atomic mass is 10.4.